The molecule has 0 saturated heterocycles. The second-order valence-corrected chi connectivity index (χ2v) is 4.31. The van der Waals surface area contributed by atoms with Gasteiger partial charge in [-0.25, -0.2) is 9.97 Å². The Labute approximate surface area is 103 Å². The molecule has 1 aromatic heterocycles. The van der Waals surface area contributed by atoms with Gasteiger partial charge in [0.2, 0.25) is 0 Å². The fourth-order valence-corrected chi connectivity index (χ4v) is 1.75. The summed E-state index contributed by atoms with van der Waals surface area (Å²) in [5.41, 5.74) is 1.05. The van der Waals surface area contributed by atoms with Crippen LogP contribution in [0.4, 0.5) is 5.82 Å². The van der Waals surface area contributed by atoms with E-state index >= 15 is 0 Å². The summed E-state index contributed by atoms with van der Waals surface area (Å²) in [5.74, 6) is 1.72. The van der Waals surface area contributed by atoms with E-state index in [4.69, 9.17) is 5.26 Å². The zero-order valence-electron chi connectivity index (χ0n) is 11.1. The molecule has 0 aliphatic carbocycles. The van der Waals surface area contributed by atoms with Gasteiger partial charge in [0.25, 0.3) is 0 Å². The van der Waals surface area contributed by atoms with Crippen LogP contribution in [0.1, 0.15) is 38.7 Å². The van der Waals surface area contributed by atoms with E-state index in [-0.39, 0.29) is 0 Å². The predicted molar refractivity (Wildman–Crippen MR) is 68.9 cm³/mol. The van der Waals surface area contributed by atoms with Crippen LogP contribution in [0.3, 0.4) is 0 Å². The molecule has 0 aromatic carbocycles. The van der Waals surface area contributed by atoms with Crippen molar-refractivity contribution in [2.75, 3.05) is 11.4 Å². The quantitative estimate of drug-likeness (QED) is 0.782. The molecule has 92 valence electrons. The molecule has 0 fully saturated rings. The Hall–Kier alpha value is -1.63. The van der Waals surface area contributed by atoms with Gasteiger partial charge >= 0.3 is 0 Å². The van der Waals surface area contributed by atoms with Crippen molar-refractivity contribution < 1.29 is 0 Å². The van der Waals surface area contributed by atoms with Crippen LogP contribution in [0.2, 0.25) is 0 Å². The minimum Gasteiger partial charge on any atom is -0.353 e. The van der Waals surface area contributed by atoms with Gasteiger partial charge in [-0.05, 0) is 27.2 Å². The zero-order valence-corrected chi connectivity index (χ0v) is 11.1. The number of nitrogens with zero attached hydrogens (tertiary/aromatic N) is 4. The third kappa shape index (κ3) is 3.70. The van der Waals surface area contributed by atoms with Gasteiger partial charge in [-0.15, -0.1) is 0 Å². The normalized spacial score (nSPS) is 10.4. The van der Waals surface area contributed by atoms with Gasteiger partial charge in [-0.3, -0.25) is 0 Å². The second kappa shape index (κ2) is 6.19. The minimum absolute atomic E-state index is 0.336. The fraction of sp³-hybridized carbons (Fsp3) is 0.615. The molecule has 0 saturated carbocycles. The molecule has 0 N–H and O–H groups in total. The van der Waals surface area contributed by atoms with E-state index in [2.05, 4.69) is 41.7 Å². The molecular weight excluding hydrogens is 212 g/mol. The Kier molecular flexibility index (Phi) is 4.89. The van der Waals surface area contributed by atoms with Crippen molar-refractivity contribution in [3.63, 3.8) is 0 Å². The number of nitriles is 1. The molecule has 1 rings (SSSR count). The largest absolute Gasteiger partial charge is 0.353 e. The van der Waals surface area contributed by atoms with Gasteiger partial charge in [0.05, 0.1) is 12.5 Å². The van der Waals surface area contributed by atoms with E-state index in [9.17, 15) is 0 Å². The first-order valence-corrected chi connectivity index (χ1v) is 6.06. The highest BCUT2D eigenvalue weighted by molar-refractivity contribution is 5.41. The van der Waals surface area contributed by atoms with Crippen LogP contribution in [-0.2, 0) is 6.42 Å². The van der Waals surface area contributed by atoms with E-state index in [0.29, 0.717) is 19.0 Å². The van der Waals surface area contributed by atoms with Crippen molar-refractivity contribution in [2.24, 2.45) is 0 Å². The Balaban J connectivity index is 3.01. The molecule has 0 bridgehead atoms. The summed E-state index contributed by atoms with van der Waals surface area (Å²) in [6, 6.07) is 4.53. The van der Waals surface area contributed by atoms with Gasteiger partial charge in [0.15, 0.2) is 0 Å². The lowest BCUT2D eigenvalue weighted by atomic mass is 10.2. The standard InChI is InChI=1S/C13H20N4/c1-5-12-9-13(16-11(4)15-12)17(10(2)3)8-6-7-14/h9-10H,5-6,8H2,1-4H3. The predicted octanol–water partition coefficient (Wildman–Crippen LogP) is 2.48. The molecule has 0 radical (unpaired) electrons. The third-order valence-electron chi connectivity index (χ3n) is 2.62. The molecule has 4 heteroatoms. The van der Waals surface area contributed by atoms with Gasteiger partial charge in [-0.2, -0.15) is 5.26 Å². The van der Waals surface area contributed by atoms with Crippen LogP contribution >= 0.6 is 0 Å². The van der Waals surface area contributed by atoms with Crippen molar-refractivity contribution in [1.82, 2.24) is 9.97 Å². The zero-order chi connectivity index (χ0) is 12.8. The first kappa shape index (κ1) is 13.4. The second-order valence-electron chi connectivity index (χ2n) is 4.31. The van der Waals surface area contributed by atoms with Gasteiger partial charge in [0, 0.05) is 24.3 Å². The Morgan fingerprint density at radius 2 is 2.12 bits per heavy atom. The maximum atomic E-state index is 8.69. The van der Waals surface area contributed by atoms with E-state index < -0.39 is 0 Å². The summed E-state index contributed by atoms with van der Waals surface area (Å²) < 4.78 is 0. The van der Waals surface area contributed by atoms with Crippen molar-refractivity contribution in [3.8, 4) is 6.07 Å². The number of hydrogen-bond donors (Lipinski definition) is 0. The summed E-state index contributed by atoms with van der Waals surface area (Å²) in [5, 5.41) is 8.69. The third-order valence-corrected chi connectivity index (χ3v) is 2.62. The minimum atomic E-state index is 0.336. The molecule has 0 unspecified atom stereocenters. The number of aromatic nitrogens is 2. The van der Waals surface area contributed by atoms with E-state index in [1.54, 1.807) is 0 Å². The molecule has 0 atom stereocenters. The summed E-state index contributed by atoms with van der Waals surface area (Å²) >= 11 is 0. The summed E-state index contributed by atoms with van der Waals surface area (Å²) in [6.45, 7) is 8.93. The first-order chi connectivity index (χ1) is 8.08. The Bertz CT molecular complexity index is 406. The van der Waals surface area contributed by atoms with Crippen molar-refractivity contribution >= 4 is 5.82 Å². The van der Waals surface area contributed by atoms with E-state index in [0.717, 1.165) is 23.8 Å². The van der Waals surface area contributed by atoms with E-state index in [1.807, 2.05) is 13.0 Å². The van der Waals surface area contributed by atoms with Crippen molar-refractivity contribution in [1.29, 1.82) is 5.26 Å². The monoisotopic (exact) mass is 232 g/mol. The lowest BCUT2D eigenvalue weighted by Gasteiger charge is -2.27. The average Bonchev–Trinajstić information content (AvgIpc) is 2.28. The number of rotatable bonds is 5. The highest BCUT2D eigenvalue weighted by atomic mass is 15.2. The topological polar surface area (TPSA) is 52.8 Å². The maximum Gasteiger partial charge on any atom is 0.132 e. The summed E-state index contributed by atoms with van der Waals surface area (Å²) in [6.07, 6.45) is 1.42. The SMILES string of the molecule is CCc1cc(N(CCC#N)C(C)C)nc(C)n1. The van der Waals surface area contributed by atoms with Gasteiger partial charge < -0.3 is 4.90 Å². The van der Waals surface area contributed by atoms with Crippen LogP contribution in [0.15, 0.2) is 6.07 Å². The Morgan fingerprint density at radius 3 is 2.65 bits per heavy atom. The number of anilines is 1. The lowest BCUT2D eigenvalue weighted by molar-refractivity contribution is 0.672. The van der Waals surface area contributed by atoms with Crippen LogP contribution in [0.5, 0.6) is 0 Å². The van der Waals surface area contributed by atoms with Gasteiger partial charge in [-0.1, -0.05) is 6.92 Å². The molecule has 1 aromatic rings. The first-order valence-electron chi connectivity index (χ1n) is 6.06. The van der Waals surface area contributed by atoms with Crippen molar-refractivity contribution in [2.45, 2.75) is 46.6 Å². The summed E-state index contributed by atoms with van der Waals surface area (Å²) in [4.78, 5) is 11.0. The van der Waals surface area contributed by atoms with Crippen LogP contribution < -0.4 is 4.90 Å². The molecular formula is C13H20N4. The number of hydrogen-bond acceptors (Lipinski definition) is 4. The molecule has 17 heavy (non-hydrogen) atoms. The highest BCUT2D eigenvalue weighted by Crippen LogP contribution is 2.16. The highest BCUT2D eigenvalue weighted by Gasteiger charge is 2.13. The number of aryl methyl sites for hydroxylation is 2. The maximum absolute atomic E-state index is 8.69. The van der Waals surface area contributed by atoms with Crippen LogP contribution in [0.25, 0.3) is 0 Å². The molecule has 0 spiro atoms. The molecule has 4 nitrogen and oxygen atoms in total. The Morgan fingerprint density at radius 1 is 1.41 bits per heavy atom. The van der Waals surface area contributed by atoms with Crippen LogP contribution in [-0.4, -0.2) is 22.6 Å². The molecule has 1 heterocycles. The van der Waals surface area contributed by atoms with Gasteiger partial charge in [0.1, 0.15) is 11.6 Å². The summed E-state index contributed by atoms with van der Waals surface area (Å²) in [7, 11) is 0. The molecule has 0 aliphatic rings. The lowest BCUT2D eigenvalue weighted by Crippen LogP contribution is -2.32. The molecule has 0 aliphatic heterocycles. The fourth-order valence-electron chi connectivity index (χ4n) is 1.75. The van der Waals surface area contributed by atoms with E-state index in [1.165, 1.54) is 0 Å². The van der Waals surface area contributed by atoms with Crippen molar-refractivity contribution in [3.05, 3.63) is 17.6 Å². The average molecular weight is 232 g/mol. The van der Waals surface area contributed by atoms with Crippen LogP contribution in [0, 0.1) is 18.3 Å². The molecule has 0 amide bonds. The smallest absolute Gasteiger partial charge is 0.132 e.